The van der Waals surface area contributed by atoms with Gasteiger partial charge in [0.25, 0.3) is 7.37 Å². The summed E-state index contributed by atoms with van der Waals surface area (Å²) in [6, 6.07) is 0. The third kappa shape index (κ3) is 6.88. The molecular formula is C14H27F2O4P. The van der Waals surface area contributed by atoms with Crippen molar-refractivity contribution in [3.8, 4) is 0 Å². The molecule has 0 radical (unpaired) electrons. The van der Waals surface area contributed by atoms with Crippen LogP contribution in [0.3, 0.4) is 0 Å². The normalized spacial score (nSPS) is 18.7. The summed E-state index contributed by atoms with van der Waals surface area (Å²) in [5.41, 5.74) is -4.06. The average Bonchev–Trinajstić information content (AvgIpc) is 2.29. The molecule has 0 bridgehead atoms. The molecule has 0 fully saturated rings. The number of carbonyl (C=O) groups excluding carboxylic acids is 1. The molecule has 0 aliphatic carbocycles. The molecule has 3 atom stereocenters. The molecular weight excluding hydrogens is 301 g/mol. The first-order valence-electron chi connectivity index (χ1n) is 7.06. The number of esters is 1. The van der Waals surface area contributed by atoms with Crippen LogP contribution in [0.5, 0.6) is 0 Å². The van der Waals surface area contributed by atoms with Gasteiger partial charge >= 0.3 is 11.6 Å². The molecule has 1 N–H and O–H groups in total. The molecule has 3 unspecified atom stereocenters. The summed E-state index contributed by atoms with van der Waals surface area (Å²) in [6.07, 6.45) is 1.23. The van der Waals surface area contributed by atoms with E-state index in [9.17, 15) is 18.1 Å². The number of alkyl halides is 2. The lowest BCUT2D eigenvalue weighted by molar-refractivity contribution is -0.157. The van der Waals surface area contributed by atoms with Crippen molar-refractivity contribution in [1.29, 1.82) is 0 Å². The van der Waals surface area contributed by atoms with Gasteiger partial charge in [-0.15, -0.1) is 0 Å². The Morgan fingerprint density at radius 3 is 2.14 bits per heavy atom. The molecule has 0 aromatic heterocycles. The topological polar surface area (TPSA) is 63.6 Å². The number of hydrogen-bond donors (Lipinski definition) is 1. The Bertz CT molecular complexity index is 398. The predicted octanol–water partition coefficient (Wildman–Crippen LogP) is 4.12. The zero-order valence-corrected chi connectivity index (χ0v) is 14.5. The van der Waals surface area contributed by atoms with Crippen LogP contribution in [0.4, 0.5) is 8.78 Å². The van der Waals surface area contributed by atoms with Gasteiger partial charge in [-0.25, -0.2) is 0 Å². The van der Waals surface area contributed by atoms with Gasteiger partial charge in [-0.05, 0) is 17.8 Å². The van der Waals surface area contributed by atoms with Crippen molar-refractivity contribution >= 4 is 13.3 Å². The minimum Gasteiger partial charge on any atom is -0.458 e. The fourth-order valence-corrected chi connectivity index (χ4v) is 2.15. The first-order chi connectivity index (χ1) is 9.21. The van der Waals surface area contributed by atoms with Gasteiger partial charge < -0.3 is 9.63 Å². The molecule has 0 rings (SSSR count). The first-order valence-corrected chi connectivity index (χ1v) is 9.17. The van der Waals surface area contributed by atoms with Gasteiger partial charge in [-0.1, -0.05) is 41.0 Å². The minimum atomic E-state index is -4.64. The van der Waals surface area contributed by atoms with Crippen LogP contribution in [0.2, 0.25) is 0 Å². The van der Waals surface area contributed by atoms with E-state index >= 15 is 0 Å². The van der Waals surface area contributed by atoms with Crippen LogP contribution in [-0.4, -0.2) is 29.8 Å². The average molecular weight is 328 g/mol. The summed E-state index contributed by atoms with van der Waals surface area (Å²) < 4.78 is 42.5. The second-order valence-corrected chi connectivity index (χ2v) is 9.32. The summed E-state index contributed by atoms with van der Waals surface area (Å²) in [5, 5.41) is 0. The van der Waals surface area contributed by atoms with Crippen molar-refractivity contribution in [2.24, 2.45) is 17.3 Å². The Kier molecular flexibility index (Phi) is 7.02. The number of carbonyl (C=O) groups is 1. The summed E-state index contributed by atoms with van der Waals surface area (Å²) in [4.78, 5) is 21.0. The summed E-state index contributed by atoms with van der Waals surface area (Å²) in [5.74, 6) is -1.24. The van der Waals surface area contributed by atoms with Crippen LogP contribution < -0.4 is 0 Å². The van der Waals surface area contributed by atoms with Crippen molar-refractivity contribution in [3.05, 3.63) is 0 Å². The second kappa shape index (κ2) is 7.19. The molecule has 0 amide bonds. The zero-order valence-electron chi connectivity index (χ0n) is 13.7. The third-order valence-electron chi connectivity index (χ3n) is 3.46. The fraction of sp³-hybridized carbons (Fsp3) is 0.929. The highest BCUT2D eigenvalue weighted by Gasteiger charge is 2.47. The highest BCUT2D eigenvalue weighted by atomic mass is 31.2. The summed E-state index contributed by atoms with van der Waals surface area (Å²) >= 11 is 0. The Balaban J connectivity index is 4.89. The maximum Gasteiger partial charge on any atom is 0.354 e. The molecule has 126 valence electrons. The highest BCUT2D eigenvalue weighted by Crippen LogP contribution is 2.53. The maximum absolute atomic E-state index is 13.4. The van der Waals surface area contributed by atoms with Crippen LogP contribution in [0, 0.1) is 17.3 Å². The van der Waals surface area contributed by atoms with Gasteiger partial charge in [0.15, 0.2) is 6.61 Å². The van der Waals surface area contributed by atoms with Gasteiger partial charge in [0.05, 0.1) is 5.92 Å². The number of rotatable bonds is 7. The van der Waals surface area contributed by atoms with E-state index in [2.05, 4.69) is 4.74 Å². The Morgan fingerprint density at radius 2 is 1.81 bits per heavy atom. The van der Waals surface area contributed by atoms with Crippen LogP contribution in [-0.2, 0) is 14.1 Å². The molecule has 0 aromatic rings. The van der Waals surface area contributed by atoms with E-state index in [1.807, 2.05) is 34.6 Å². The molecule has 0 spiro atoms. The van der Waals surface area contributed by atoms with Crippen molar-refractivity contribution in [2.75, 3.05) is 13.3 Å². The van der Waals surface area contributed by atoms with Crippen LogP contribution in [0.25, 0.3) is 0 Å². The van der Waals surface area contributed by atoms with E-state index in [1.54, 1.807) is 0 Å². The van der Waals surface area contributed by atoms with Crippen molar-refractivity contribution in [1.82, 2.24) is 0 Å². The van der Waals surface area contributed by atoms with Crippen molar-refractivity contribution in [2.45, 2.75) is 53.1 Å². The van der Waals surface area contributed by atoms with Crippen molar-refractivity contribution in [3.63, 3.8) is 0 Å². The Hall–Kier alpha value is -0.480. The second-order valence-electron chi connectivity index (χ2n) is 6.91. The molecule has 0 aromatic carbocycles. The van der Waals surface area contributed by atoms with Gasteiger partial charge in [0.2, 0.25) is 0 Å². The summed E-state index contributed by atoms with van der Waals surface area (Å²) in [7, 11) is -4.64. The molecule has 0 aliphatic heterocycles. The Morgan fingerprint density at radius 1 is 1.33 bits per heavy atom. The minimum absolute atomic E-state index is 0.00657. The van der Waals surface area contributed by atoms with Crippen LogP contribution >= 0.6 is 7.37 Å². The lowest BCUT2D eigenvalue weighted by atomic mass is 9.78. The Labute approximate surface area is 125 Å². The smallest absolute Gasteiger partial charge is 0.354 e. The van der Waals surface area contributed by atoms with Gasteiger partial charge in [0, 0.05) is 6.66 Å². The van der Waals surface area contributed by atoms with E-state index in [-0.39, 0.29) is 11.3 Å². The van der Waals surface area contributed by atoms with E-state index in [1.165, 1.54) is 0 Å². The standard InChI is InChI=1S/C14H27F2O4P/c1-7-10(2)11(8-13(3,4)5)12(17)20-9-14(15,16)21(6,18)19/h10-11H,7-9H2,1-6H3,(H,18,19). The molecule has 4 nitrogen and oxygen atoms in total. The van der Waals surface area contributed by atoms with Crippen molar-refractivity contribution < 1.29 is 27.8 Å². The third-order valence-corrected chi connectivity index (χ3v) is 4.80. The number of hydrogen-bond acceptors (Lipinski definition) is 3. The van der Waals surface area contributed by atoms with E-state index in [4.69, 9.17) is 4.89 Å². The lowest BCUT2D eigenvalue weighted by Gasteiger charge is -2.29. The first kappa shape index (κ1) is 20.5. The fourth-order valence-electron chi connectivity index (χ4n) is 1.85. The van der Waals surface area contributed by atoms with Gasteiger partial charge in [-0.2, -0.15) is 8.78 Å². The predicted molar refractivity (Wildman–Crippen MR) is 78.7 cm³/mol. The summed E-state index contributed by atoms with van der Waals surface area (Å²) in [6.45, 7) is 8.85. The monoisotopic (exact) mass is 328 g/mol. The van der Waals surface area contributed by atoms with Crippen LogP contribution in [0.1, 0.15) is 47.5 Å². The quantitative estimate of drug-likeness (QED) is 0.564. The van der Waals surface area contributed by atoms with Gasteiger partial charge in [0.1, 0.15) is 0 Å². The van der Waals surface area contributed by atoms with E-state index in [0.717, 1.165) is 6.42 Å². The molecule has 0 saturated heterocycles. The molecule has 7 heteroatoms. The van der Waals surface area contributed by atoms with Gasteiger partial charge in [-0.3, -0.25) is 9.36 Å². The largest absolute Gasteiger partial charge is 0.458 e. The molecule has 0 heterocycles. The maximum atomic E-state index is 13.4. The molecule has 0 saturated carbocycles. The highest BCUT2D eigenvalue weighted by molar-refractivity contribution is 7.58. The zero-order chi connectivity index (χ0) is 17.1. The molecule has 0 aliphatic rings. The van der Waals surface area contributed by atoms with E-state index in [0.29, 0.717) is 13.1 Å². The SMILES string of the molecule is CCC(C)C(CC(C)(C)C)C(=O)OCC(F)(F)P(C)(=O)O. The molecule has 21 heavy (non-hydrogen) atoms. The number of halogens is 2. The van der Waals surface area contributed by atoms with E-state index < -0.39 is 31.5 Å². The lowest BCUT2D eigenvalue weighted by Crippen LogP contribution is -2.32. The number of ether oxygens (including phenoxy) is 1. The van der Waals surface area contributed by atoms with Crippen LogP contribution in [0.15, 0.2) is 0 Å².